The number of nitrogens with one attached hydrogen (secondary N) is 1. The molecule has 1 aromatic heterocycles. The van der Waals surface area contributed by atoms with Crippen LogP contribution in [0.15, 0.2) is 12.4 Å². The molecule has 1 N–H and O–H groups in total. The molecule has 1 unspecified atom stereocenters. The van der Waals surface area contributed by atoms with E-state index >= 15 is 0 Å². The molecule has 0 aliphatic heterocycles. The second-order valence-corrected chi connectivity index (χ2v) is 5.07. The molecule has 3 heteroatoms. The van der Waals surface area contributed by atoms with E-state index in [-0.39, 0.29) is 0 Å². The first kappa shape index (κ1) is 14.1. The number of rotatable bonds is 7. The van der Waals surface area contributed by atoms with Crippen LogP contribution in [-0.4, -0.2) is 23.1 Å². The first-order valence-corrected chi connectivity index (χ1v) is 6.62. The van der Waals surface area contributed by atoms with Crippen LogP contribution in [0.4, 0.5) is 0 Å². The van der Waals surface area contributed by atoms with E-state index in [9.17, 15) is 0 Å². The summed E-state index contributed by atoms with van der Waals surface area (Å²) in [6, 6.07) is 2.66. The third kappa shape index (κ3) is 5.26. The number of aryl methyl sites for hydroxylation is 1. The normalized spacial score (nSPS) is 13.0. The zero-order valence-electron chi connectivity index (χ0n) is 11.5. The Labute approximate surface area is 105 Å². The summed E-state index contributed by atoms with van der Waals surface area (Å²) in [6.07, 6.45) is 6.06. The van der Waals surface area contributed by atoms with Gasteiger partial charge in [-0.1, -0.05) is 27.2 Å². The van der Waals surface area contributed by atoms with Crippen molar-refractivity contribution >= 4 is 0 Å². The van der Waals surface area contributed by atoms with E-state index < -0.39 is 0 Å². The lowest BCUT2D eigenvalue weighted by atomic mass is 9.99. The topological polar surface area (TPSA) is 37.8 Å². The lowest BCUT2D eigenvalue weighted by molar-refractivity contribution is 0.438. The molecular weight excluding hydrogens is 210 g/mol. The number of hydrogen-bond donors (Lipinski definition) is 1. The molecule has 0 aromatic carbocycles. The van der Waals surface area contributed by atoms with Gasteiger partial charge >= 0.3 is 0 Å². The van der Waals surface area contributed by atoms with Gasteiger partial charge in [0.25, 0.3) is 0 Å². The largest absolute Gasteiger partial charge is 0.317 e. The highest BCUT2D eigenvalue weighted by Crippen LogP contribution is 2.10. The van der Waals surface area contributed by atoms with Gasteiger partial charge in [-0.2, -0.15) is 0 Å². The molecule has 1 atom stereocenters. The van der Waals surface area contributed by atoms with Gasteiger partial charge in [0.2, 0.25) is 0 Å². The second kappa shape index (κ2) is 7.38. The molecule has 1 heterocycles. The Hall–Kier alpha value is -0.960. The minimum atomic E-state index is 0.513. The van der Waals surface area contributed by atoms with Crippen molar-refractivity contribution in [3.8, 4) is 0 Å². The summed E-state index contributed by atoms with van der Waals surface area (Å²) in [5, 5.41) is 3.37. The monoisotopic (exact) mass is 235 g/mol. The molecule has 0 spiro atoms. The maximum atomic E-state index is 4.37. The lowest BCUT2D eigenvalue weighted by Crippen LogP contribution is -2.29. The van der Waals surface area contributed by atoms with Crippen molar-refractivity contribution in [3.63, 3.8) is 0 Å². The summed E-state index contributed by atoms with van der Waals surface area (Å²) in [5.41, 5.74) is 2.32. The number of nitrogens with zero attached hydrogens (tertiary/aromatic N) is 2. The maximum absolute atomic E-state index is 4.37. The molecule has 0 radical (unpaired) electrons. The van der Waals surface area contributed by atoms with E-state index in [4.69, 9.17) is 0 Å². The lowest BCUT2D eigenvalue weighted by Gasteiger charge is -2.18. The van der Waals surface area contributed by atoms with E-state index in [1.807, 2.05) is 7.05 Å². The summed E-state index contributed by atoms with van der Waals surface area (Å²) >= 11 is 0. The van der Waals surface area contributed by atoms with Crippen molar-refractivity contribution in [1.29, 1.82) is 0 Å². The molecule has 1 rings (SSSR count). The van der Waals surface area contributed by atoms with E-state index in [2.05, 4.69) is 42.1 Å². The molecule has 1 aromatic rings. The molecule has 0 fully saturated rings. The van der Waals surface area contributed by atoms with E-state index in [1.165, 1.54) is 6.42 Å². The summed E-state index contributed by atoms with van der Waals surface area (Å²) in [6.45, 7) is 6.69. The molecule has 3 nitrogen and oxygen atoms in total. The van der Waals surface area contributed by atoms with Crippen LogP contribution in [0.1, 0.15) is 45.0 Å². The van der Waals surface area contributed by atoms with E-state index in [1.54, 1.807) is 6.33 Å². The van der Waals surface area contributed by atoms with Crippen molar-refractivity contribution < 1.29 is 0 Å². The Morgan fingerprint density at radius 1 is 1.24 bits per heavy atom. The highest BCUT2D eigenvalue weighted by atomic mass is 14.9. The van der Waals surface area contributed by atoms with Crippen molar-refractivity contribution in [2.24, 2.45) is 5.92 Å². The minimum absolute atomic E-state index is 0.513. The van der Waals surface area contributed by atoms with Crippen LogP contribution >= 0.6 is 0 Å². The average Bonchev–Trinajstić information content (AvgIpc) is 2.28. The van der Waals surface area contributed by atoms with Gasteiger partial charge in [0.15, 0.2) is 0 Å². The smallest absolute Gasteiger partial charge is 0.115 e. The second-order valence-electron chi connectivity index (χ2n) is 5.07. The molecule has 0 aliphatic carbocycles. The van der Waals surface area contributed by atoms with Crippen LogP contribution in [0.2, 0.25) is 0 Å². The van der Waals surface area contributed by atoms with Crippen molar-refractivity contribution in [2.45, 2.75) is 52.5 Å². The Morgan fingerprint density at radius 2 is 1.94 bits per heavy atom. The molecular formula is C14H25N3. The summed E-state index contributed by atoms with van der Waals surface area (Å²) in [5.74, 6) is 0.712. The predicted octanol–water partition coefficient (Wildman–Crippen LogP) is 2.61. The Balaban J connectivity index is 2.62. The number of hydrogen-bond acceptors (Lipinski definition) is 3. The Kier molecular flexibility index (Phi) is 6.12. The molecule has 0 aliphatic rings. The quantitative estimate of drug-likeness (QED) is 0.789. The SMILES string of the molecule is CCCc1cc(CC(CC(C)C)NC)ncn1. The number of aromatic nitrogens is 2. The van der Waals surface area contributed by atoms with Crippen LogP contribution in [0, 0.1) is 5.92 Å². The summed E-state index contributed by atoms with van der Waals surface area (Å²) in [4.78, 5) is 8.66. The van der Waals surface area contributed by atoms with Gasteiger partial charge in [-0.05, 0) is 31.9 Å². The van der Waals surface area contributed by atoms with Gasteiger partial charge in [0, 0.05) is 23.9 Å². The van der Waals surface area contributed by atoms with Gasteiger partial charge in [-0.15, -0.1) is 0 Å². The highest BCUT2D eigenvalue weighted by molar-refractivity contribution is 5.09. The third-order valence-electron chi connectivity index (χ3n) is 2.91. The molecule has 96 valence electrons. The standard InChI is InChI=1S/C14H25N3/c1-5-6-12-8-14(17-10-16-12)9-13(15-4)7-11(2)3/h8,10-11,13,15H,5-7,9H2,1-4H3. The molecule has 17 heavy (non-hydrogen) atoms. The van der Waals surface area contributed by atoms with Crippen molar-refractivity contribution in [1.82, 2.24) is 15.3 Å². The zero-order valence-corrected chi connectivity index (χ0v) is 11.5. The van der Waals surface area contributed by atoms with Crippen molar-refractivity contribution in [3.05, 3.63) is 23.8 Å². The first-order valence-electron chi connectivity index (χ1n) is 6.62. The fourth-order valence-electron chi connectivity index (χ4n) is 2.07. The maximum Gasteiger partial charge on any atom is 0.115 e. The fourth-order valence-corrected chi connectivity index (χ4v) is 2.07. The number of likely N-dealkylation sites (N-methyl/N-ethyl adjacent to an activating group) is 1. The van der Waals surface area contributed by atoms with Crippen LogP contribution in [-0.2, 0) is 12.8 Å². The van der Waals surface area contributed by atoms with Crippen LogP contribution in [0.25, 0.3) is 0 Å². The minimum Gasteiger partial charge on any atom is -0.317 e. The highest BCUT2D eigenvalue weighted by Gasteiger charge is 2.10. The van der Waals surface area contributed by atoms with Gasteiger partial charge in [-0.25, -0.2) is 9.97 Å². The molecule has 0 saturated heterocycles. The van der Waals surface area contributed by atoms with Gasteiger partial charge in [0.05, 0.1) is 0 Å². The van der Waals surface area contributed by atoms with Crippen LogP contribution in [0.5, 0.6) is 0 Å². The fraction of sp³-hybridized carbons (Fsp3) is 0.714. The van der Waals surface area contributed by atoms with Crippen LogP contribution < -0.4 is 5.32 Å². The van der Waals surface area contributed by atoms with Gasteiger partial charge in [-0.3, -0.25) is 0 Å². The average molecular weight is 235 g/mol. The van der Waals surface area contributed by atoms with E-state index in [0.29, 0.717) is 12.0 Å². The first-order chi connectivity index (χ1) is 8.15. The Bertz CT molecular complexity index is 323. The molecule has 0 saturated carbocycles. The summed E-state index contributed by atoms with van der Waals surface area (Å²) < 4.78 is 0. The van der Waals surface area contributed by atoms with E-state index in [0.717, 1.165) is 30.7 Å². The summed E-state index contributed by atoms with van der Waals surface area (Å²) in [7, 11) is 2.03. The predicted molar refractivity (Wildman–Crippen MR) is 72.0 cm³/mol. The van der Waals surface area contributed by atoms with Gasteiger partial charge < -0.3 is 5.32 Å². The van der Waals surface area contributed by atoms with Crippen molar-refractivity contribution in [2.75, 3.05) is 7.05 Å². The van der Waals surface area contributed by atoms with Gasteiger partial charge in [0.1, 0.15) is 6.33 Å². The van der Waals surface area contributed by atoms with Crippen LogP contribution in [0.3, 0.4) is 0 Å². The Morgan fingerprint density at radius 3 is 2.53 bits per heavy atom. The third-order valence-corrected chi connectivity index (χ3v) is 2.91. The molecule has 0 bridgehead atoms. The molecule has 0 amide bonds. The zero-order chi connectivity index (χ0) is 12.7.